The van der Waals surface area contributed by atoms with Crippen LogP contribution < -0.4 is 0 Å². The highest BCUT2D eigenvalue weighted by Gasteiger charge is 2.22. The lowest BCUT2D eigenvalue weighted by Gasteiger charge is -2.13. The van der Waals surface area contributed by atoms with Crippen molar-refractivity contribution in [3.63, 3.8) is 0 Å². The summed E-state index contributed by atoms with van der Waals surface area (Å²) in [5.41, 5.74) is 3.39. The van der Waals surface area contributed by atoms with E-state index in [-0.39, 0.29) is 19.0 Å². The standard InChI is InChI=1S/C15H18ClNO2.ClH/c1-17-7-6-10-12(16)4-5-14-15(10)11(9-17)13(19-14)3-2-8-18;/h4-5,18H,2-3,6-9H2,1H3;1H. The van der Waals surface area contributed by atoms with Gasteiger partial charge in [0.05, 0.1) is 0 Å². The van der Waals surface area contributed by atoms with Crippen molar-refractivity contribution in [2.45, 2.75) is 25.8 Å². The molecule has 0 amide bonds. The molecule has 110 valence electrons. The quantitative estimate of drug-likeness (QED) is 0.942. The van der Waals surface area contributed by atoms with Gasteiger partial charge < -0.3 is 14.4 Å². The molecule has 0 radical (unpaired) electrons. The van der Waals surface area contributed by atoms with Gasteiger partial charge in [-0.15, -0.1) is 12.4 Å². The number of aliphatic hydroxyl groups is 1. The Labute approximate surface area is 129 Å². The van der Waals surface area contributed by atoms with E-state index in [1.807, 2.05) is 12.1 Å². The molecule has 3 rings (SSSR count). The van der Waals surface area contributed by atoms with E-state index in [1.54, 1.807) is 0 Å². The summed E-state index contributed by atoms with van der Waals surface area (Å²) in [7, 11) is 2.12. The van der Waals surface area contributed by atoms with E-state index in [0.717, 1.165) is 48.7 Å². The number of furan rings is 1. The van der Waals surface area contributed by atoms with E-state index in [4.69, 9.17) is 21.1 Å². The van der Waals surface area contributed by atoms with Crippen LogP contribution in [0.3, 0.4) is 0 Å². The van der Waals surface area contributed by atoms with Crippen LogP contribution in [0.15, 0.2) is 16.5 Å². The molecular formula is C15H19Cl2NO2. The first-order chi connectivity index (χ1) is 9.20. The first kappa shape index (κ1) is 15.6. The minimum absolute atomic E-state index is 0. The number of likely N-dealkylation sites (N-methyl/N-ethyl adjacent to an activating group) is 1. The molecule has 1 aliphatic rings. The number of aliphatic hydroxyl groups excluding tert-OH is 1. The van der Waals surface area contributed by atoms with Gasteiger partial charge in [-0.3, -0.25) is 0 Å². The lowest BCUT2D eigenvalue weighted by Crippen LogP contribution is -2.19. The van der Waals surface area contributed by atoms with Crippen molar-refractivity contribution in [2.75, 3.05) is 20.2 Å². The van der Waals surface area contributed by atoms with Crippen molar-refractivity contribution in [3.8, 4) is 0 Å². The normalized spacial score (nSPS) is 15.2. The average molecular weight is 316 g/mol. The Morgan fingerprint density at radius 1 is 1.35 bits per heavy atom. The third kappa shape index (κ3) is 2.68. The first-order valence-electron chi connectivity index (χ1n) is 6.71. The molecule has 1 aliphatic heterocycles. The van der Waals surface area contributed by atoms with E-state index in [9.17, 15) is 0 Å². The molecular weight excluding hydrogens is 297 g/mol. The zero-order chi connectivity index (χ0) is 13.4. The molecule has 20 heavy (non-hydrogen) atoms. The zero-order valence-electron chi connectivity index (χ0n) is 11.5. The minimum Gasteiger partial charge on any atom is -0.461 e. The van der Waals surface area contributed by atoms with Crippen LogP contribution in [0.25, 0.3) is 11.0 Å². The predicted molar refractivity (Wildman–Crippen MR) is 83.9 cm³/mol. The van der Waals surface area contributed by atoms with Gasteiger partial charge in [0.1, 0.15) is 11.3 Å². The van der Waals surface area contributed by atoms with Gasteiger partial charge in [-0.2, -0.15) is 0 Å². The zero-order valence-corrected chi connectivity index (χ0v) is 13.1. The fourth-order valence-electron chi connectivity index (χ4n) is 2.86. The lowest BCUT2D eigenvalue weighted by molar-refractivity contribution is 0.283. The van der Waals surface area contributed by atoms with Crippen LogP contribution in [-0.2, 0) is 19.4 Å². The number of benzene rings is 1. The van der Waals surface area contributed by atoms with Gasteiger partial charge in [0.15, 0.2) is 0 Å². The minimum atomic E-state index is 0. The summed E-state index contributed by atoms with van der Waals surface area (Å²) in [6.07, 6.45) is 2.48. The summed E-state index contributed by atoms with van der Waals surface area (Å²) in [5, 5.41) is 11.0. The Kier molecular flexibility index (Phi) is 4.97. The van der Waals surface area contributed by atoms with Gasteiger partial charge in [0.2, 0.25) is 0 Å². The smallest absolute Gasteiger partial charge is 0.135 e. The molecule has 5 heteroatoms. The maximum Gasteiger partial charge on any atom is 0.135 e. The van der Waals surface area contributed by atoms with Crippen LogP contribution in [-0.4, -0.2) is 30.2 Å². The first-order valence-corrected chi connectivity index (χ1v) is 7.09. The van der Waals surface area contributed by atoms with Crippen LogP contribution >= 0.6 is 24.0 Å². The third-order valence-corrected chi connectivity index (χ3v) is 4.18. The highest BCUT2D eigenvalue weighted by molar-refractivity contribution is 6.32. The van der Waals surface area contributed by atoms with E-state index < -0.39 is 0 Å². The van der Waals surface area contributed by atoms with Crippen molar-refractivity contribution in [1.82, 2.24) is 4.90 Å². The monoisotopic (exact) mass is 315 g/mol. The highest BCUT2D eigenvalue weighted by Crippen LogP contribution is 2.36. The Balaban J connectivity index is 0.00000147. The fourth-order valence-corrected chi connectivity index (χ4v) is 3.11. The molecule has 2 aromatic rings. The van der Waals surface area contributed by atoms with Crippen molar-refractivity contribution < 1.29 is 9.52 Å². The van der Waals surface area contributed by atoms with Crippen molar-refractivity contribution in [2.24, 2.45) is 0 Å². The molecule has 0 unspecified atom stereocenters. The van der Waals surface area contributed by atoms with Gasteiger partial charge in [0.25, 0.3) is 0 Å². The van der Waals surface area contributed by atoms with Gasteiger partial charge in [0, 0.05) is 42.1 Å². The largest absolute Gasteiger partial charge is 0.461 e. The Hall–Kier alpha value is -0.740. The molecule has 0 fully saturated rings. The molecule has 2 heterocycles. The maximum absolute atomic E-state index is 9.01. The number of halogens is 2. The lowest BCUT2D eigenvalue weighted by atomic mass is 10.0. The summed E-state index contributed by atoms with van der Waals surface area (Å²) >= 11 is 6.34. The predicted octanol–water partition coefficient (Wildman–Crippen LogP) is 3.42. The number of rotatable bonds is 3. The van der Waals surface area contributed by atoms with E-state index in [1.165, 1.54) is 16.5 Å². The Morgan fingerprint density at radius 2 is 2.15 bits per heavy atom. The molecule has 1 N–H and O–H groups in total. The average Bonchev–Trinajstić information content (AvgIpc) is 2.62. The maximum atomic E-state index is 9.01. The fraction of sp³-hybridized carbons (Fsp3) is 0.467. The molecule has 0 saturated carbocycles. The summed E-state index contributed by atoms with van der Waals surface area (Å²) in [6, 6.07) is 3.88. The van der Waals surface area contributed by atoms with Crippen LogP contribution in [0.5, 0.6) is 0 Å². The summed E-state index contributed by atoms with van der Waals surface area (Å²) < 4.78 is 5.98. The highest BCUT2D eigenvalue weighted by atomic mass is 35.5. The van der Waals surface area contributed by atoms with Gasteiger partial charge in [-0.1, -0.05) is 11.6 Å². The Bertz CT molecular complexity index is 609. The third-order valence-electron chi connectivity index (χ3n) is 3.82. The van der Waals surface area contributed by atoms with Crippen molar-refractivity contribution in [3.05, 3.63) is 34.0 Å². The topological polar surface area (TPSA) is 36.6 Å². The van der Waals surface area contributed by atoms with E-state index in [0.29, 0.717) is 0 Å². The summed E-state index contributed by atoms with van der Waals surface area (Å²) in [6.45, 7) is 2.09. The molecule has 0 bridgehead atoms. The molecule has 0 spiro atoms. The number of hydrogen-bond donors (Lipinski definition) is 1. The number of nitrogens with zero attached hydrogens (tertiary/aromatic N) is 1. The van der Waals surface area contributed by atoms with Crippen LogP contribution in [0.1, 0.15) is 23.3 Å². The second kappa shape index (κ2) is 6.35. The summed E-state index contributed by atoms with van der Waals surface area (Å²) in [4.78, 5) is 2.29. The SMILES string of the molecule is CN1CCc2c(Cl)ccc3oc(CCCO)c(c23)C1.Cl. The van der Waals surface area contributed by atoms with Crippen molar-refractivity contribution in [1.29, 1.82) is 0 Å². The number of aryl methyl sites for hydroxylation is 1. The van der Waals surface area contributed by atoms with E-state index >= 15 is 0 Å². The van der Waals surface area contributed by atoms with E-state index in [2.05, 4.69) is 11.9 Å². The Morgan fingerprint density at radius 3 is 2.90 bits per heavy atom. The molecule has 3 nitrogen and oxygen atoms in total. The second-order valence-electron chi connectivity index (χ2n) is 5.22. The molecule has 0 aliphatic carbocycles. The summed E-state index contributed by atoms with van der Waals surface area (Å²) in [5.74, 6) is 1.00. The van der Waals surface area contributed by atoms with Crippen LogP contribution in [0, 0.1) is 0 Å². The van der Waals surface area contributed by atoms with Crippen LogP contribution in [0.4, 0.5) is 0 Å². The van der Waals surface area contributed by atoms with Gasteiger partial charge >= 0.3 is 0 Å². The molecule has 0 saturated heterocycles. The van der Waals surface area contributed by atoms with Gasteiger partial charge in [-0.05, 0) is 37.6 Å². The van der Waals surface area contributed by atoms with Crippen LogP contribution in [0.2, 0.25) is 5.02 Å². The molecule has 0 atom stereocenters. The second-order valence-corrected chi connectivity index (χ2v) is 5.63. The van der Waals surface area contributed by atoms with Gasteiger partial charge in [-0.25, -0.2) is 0 Å². The molecule has 1 aromatic heterocycles. The molecule has 1 aromatic carbocycles. The van der Waals surface area contributed by atoms with Crippen molar-refractivity contribution >= 4 is 35.0 Å². The number of hydrogen-bond acceptors (Lipinski definition) is 3.